The van der Waals surface area contributed by atoms with Crippen molar-refractivity contribution in [2.75, 3.05) is 13.2 Å². The first kappa shape index (κ1) is 17.9. The van der Waals surface area contributed by atoms with Gasteiger partial charge in [-0.1, -0.05) is 23.7 Å². The molecule has 2 aromatic rings. The molecule has 25 heavy (non-hydrogen) atoms. The van der Waals surface area contributed by atoms with Gasteiger partial charge in [0, 0.05) is 36.0 Å². The molecule has 1 fully saturated rings. The zero-order chi connectivity index (χ0) is 18.0. The van der Waals surface area contributed by atoms with Crippen LogP contribution in [0.3, 0.4) is 0 Å². The van der Waals surface area contributed by atoms with Gasteiger partial charge in [0.2, 0.25) is 0 Å². The highest BCUT2D eigenvalue weighted by Crippen LogP contribution is 2.34. The van der Waals surface area contributed by atoms with Crippen LogP contribution in [-0.2, 0) is 9.53 Å². The first-order chi connectivity index (χ1) is 11.9. The van der Waals surface area contributed by atoms with Crippen LogP contribution < -0.4 is 5.32 Å². The predicted octanol–water partition coefficient (Wildman–Crippen LogP) is 3.74. The van der Waals surface area contributed by atoms with Crippen molar-refractivity contribution in [1.82, 2.24) is 5.32 Å². The summed E-state index contributed by atoms with van der Waals surface area (Å²) in [5, 5.41) is 12.9. The van der Waals surface area contributed by atoms with Crippen LogP contribution in [0.2, 0.25) is 5.02 Å². The fourth-order valence-corrected chi connectivity index (χ4v) is 4.16. The van der Waals surface area contributed by atoms with Crippen LogP contribution in [0.5, 0.6) is 0 Å². The molecule has 7 heteroatoms. The monoisotopic (exact) mass is 379 g/mol. The highest BCUT2D eigenvalue weighted by molar-refractivity contribution is 7.17. The molecule has 0 saturated carbocycles. The zero-order valence-electron chi connectivity index (χ0n) is 13.7. The van der Waals surface area contributed by atoms with Gasteiger partial charge in [0.05, 0.1) is 4.88 Å². The molecule has 0 radical (unpaired) electrons. The third-order valence-corrected chi connectivity index (χ3v) is 5.86. The number of aliphatic carboxylic acids is 1. The zero-order valence-corrected chi connectivity index (χ0v) is 15.2. The number of benzene rings is 1. The van der Waals surface area contributed by atoms with Gasteiger partial charge in [0.15, 0.2) is 0 Å². The van der Waals surface area contributed by atoms with E-state index in [1.165, 1.54) is 11.3 Å². The van der Waals surface area contributed by atoms with Crippen molar-refractivity contribution in [3.63, 3.8) is 0 Å². The second-order valence-electron chi connectivity index (χ2n) is 6.09. The van der Waals surface area contributed by atoms with Gasteiger partial charge >= 0.3 is 5.97 Å². The Morgan fingerprint density at radius 3 is 2.64 bits per heavy atom. The van der Waals surface area contributed by atoms with Gasteiger partial charge < -0.3 is 15.2 Å². The lowest BCUT2D eigenvalue weighted by atomic mass is 9.90. The molecule has 1 aliphatic heterocycles. The van der Waals surface area contributed by atoms with Gasteiger partial charge in [-0.25, -0.2) is 4.79 Å². The molecule has 1 aliphatic rings. The van der Waals surface area contributed by atoms with Crippen LogP contribution in [0.25, 0.3) is 10.4 Å². The van der Waals surface area contributed by atoms with Gasteiger partial charge in [-0.2, -0.15) is 0 Å². The van der Waals surface area contributed by atoms with Crippen molar-refractivity contribution in [1.29, 1.82) is 0 Å². The summed E-state index contributed by atoms with van der Waals surface area (Å²) < 4.78 is 5.23. The van der Waals surface area contributed by atoms with Crippen LogP contribution in [0, 0.1) is 6.92 Å². The number of thiophene rings is 1. The summed E-state index contributed by atoms with van der Waals surface area (Å²) in [6.07, 6.45) is 0.527. The van der Waals surface area contributed by atoms with E-state index in [1.54, 1.807) is 12.1 Å². The molecular weight excluding hydrogens is 362 g/mol. The highest BCUT2D eigenvalue weighted by atomic mass is 35.5. The smallest absolute Gasteiger partial charge is 0.329 e. The SMILES string of the molecule is Cc1cc(C(=O)NC2(C(=O)O)CCOCC2)sc1-c1cccc(Cl)c1. The molecule has 3 rings (SSSR count). The Kier molecular flexibility index (Phi) is 5.13. The van der Waals surface area contributed by atoms with Crippen molar-refractivity contribution < 1.29 is 19.4 Å². The van der Waals surface area contributed by atoms with Crippen LogP contribution in [-0.4, -0.2) is 35.7 Å². The first-order valence-electron chi connectivity index (χ1n) is 7.91. The van der Waals surface area contributed by atoms with Crippen LogP contribution in [0.1, 0.15) is 28.1 Å². The number of amides is 1. The summed E-state index contributed by atoms with van der Waals surface area (Å²) >= 11 is 7.38. The Morgan fingerprint density at radius 2 is 2.00 bits per heavy atom. The largest absolute Gasteiger partial charge is 0.480 e. The highest BCUT2D eigenvalue weighted by Gasteiger charge is 2.42. The minimum atomic E-state index is -1.26. The number of halogens is 1. The lowest BCUT2D eigenvalue weighted by Gasteiger charge is -2.33. The standard InChI is InChI=1S/C18H18ClNO4S/c1-11-9-14(25-15(11)12-3-2-4-13(19)10-12)16(21)20-18(17(22)23)5-7-24-8-6-18/h2-4,9-10H,5-8H2,1H3,(H,20,21)(H,22,23). The van der Waals surface area contributed by atoms with E-state index in [2.05, 4.69) is 5.32 Å². The maximum Gasteiger partial charge on any atom is 0.329 e. The van der Waals surface area contributed by atoms with Crippen LogP contribution in [0.4, 0.5) is 0 Å². The van der Waals surface area contributed by atoms with Crippen molar-refractivity contribution in [2.45, 2.75) is 25.3 Å². The Hall–Kier alpha value is -1.89. The summed E-state index contributed by atoms with van der Waals surface area (Å²) in [4.78, 5) is 25.8. The summed E-state index contributed by atoms with van der Waals surface area (Å²) in [5.74, 6) is -1.39. The van der Waals surface area contributed by atoms with Gasteiger partial charge in [-0.3, -0.25) is 4.79 Å². The van der Waals surface area contributed by atoms with Crippen molar-refractivity contribution in [3.8, 4) is 10.4 Å². The molecule has 0 aliphatic carbocycles. The topological polar surface area (TPSA) is 75.6 Å². The normalized spacial score (nSPS) is 16.4. The van der Waals surface area contributed by atoms with E-state index >= 15 is 0 Å². The lowest BCUT2D eigenvalue weighted by molar-refractivity contribution is -0.148. The van der Waals surface area contributed by atoms with E-state index in [9.17, 15) is 14.7 Å². The molecule has 2 heterocycles. The Morgan fingerprint density at radius 1 is 1.28 bits per heavy atom. The number of aryl methyl sites for hydroxylation is 1. The fourth-order valence-electron chi connectivity index (χ4n) is 2.90. The minimum Gasteiger partial charge on any atom is -0.480 e. The second kappa shape index (κ2) is 7.15. The number of hydrogen-bond acceptors (Lipinski definition) is 4. The summed E-state index contributed by atoms with van der Waals surface area (Å²) in [7, 11) is 0. The number of ether oxygens (including phenoxy) is 1. The van der Waals surface area contributed by atoms with Gasteiger partial charge in [0.25, 0.3) is 5.91 Å². The number of nitrogens with one attached hydrogen (secondary N) is 1. The number of carboxylic acids is 1. The van der Waals surface area contributed by atoms with E-state index in [0.29, 0.717) is 23.1 Å². The Labute approximate surface area is 154 Å². The Bertz CT molecular complexity index is 811. The molecule has 0 unspecified atom stereocenters. The average molecular weight is 380 g/mol. The molecule has 1 aromatic heterocycles. The molecule has 0 spiro atoms. The van der Waals surface area contributed by atoms with Crippen molar-refractivity contribution in [3.05, 3.63) is 45.8 Å². The lowest BCUT2D eigenvalue weighted by Crippen LogP contribution is -2.57. The van der Waals surface area contributed by atoms with Crippen molar-refractivity contribution >= 4 is 34.8 Å². The van der Waals surface area contributed by atoms with Crippen molar-refractivity contribution in [2.24, 2.45) is 0 Å². The molecule has 1 amide bonds. The number of rotatable bonds is 4. The van der Waals surface area contributed by atoms with Crippen LogP contribution in [0.15, 0.2) is 30.3 Å². The van der Waals surface area contributed by atoms with E-state index in [0.717, 1.165) is 16.0 Å². The average Bonchev–Trinajstić information content (AvgIpc) is 2.97. The number of carbonyl (C=O) groups is 2. The number of carbonyl (C=O) groups excluding carboxylic acids is 1. The summed E-state index contributed by atoms with van der Waals surface area (Å²) in [6.45, 7) is 2.57. The summed E-state index contributed by atoms with van der Waals surface area (Å²) in [6, 6.07) is 9.22. The molecule has 1 aromatic carbocycles. The number of hydrogen-bond donors (Lipinski definition) is 2. The third kappa shape index (κ3) is 3.71. The molecule has 0 atom stereocenters. The molecule has 5 nitrogen and oxygen atoms in total. The Balaban J connectivity index is 1.86. The quantitative estimate of drug-likeness (QED) is 0.848. The third-order valence-electron chi connectivity index (χ3n) is 4.34. The van der Waals surface area contributed by atoms with E-state index < -0.39 is 11.5 Å². The minimum absolute atomic E-state index is 0.263. The number of carboxylic acid groups (broad SMARTS) is 1. The van der Waals surface area contributed by atoms with Crippen LogP contribution >= 0.6 is 22.9 Å². The van der Waals surface area contributed by atoms with Gasteiger partial charge in [-0.15, -0.1) is 11.3 Å². The molecule has 2 N–H and O–H groups in total. The molecule has 0 bridgehead atoms. The molecular formula is C18H18ClNO4S. The summed E-state index contributed by atoms with van der Waals surface area (Å²) in [5.41, 5.74) is 0.630. The predicted molar refractivity (Wildman–Crippen MR) is 97.4 cm³/mol. The van der Waals surface area contributed by atoms with Gasteiger partial charge in [0.1, 0.15) is 5.54 Å². The van der Waals surface area contributed by atoms with E-state index in [4.69, 9.17) is 16.3 Å². The van der Waals surface area contributed by atoms with Gasteiger partial charge in [-0.05, 0) is 36.2 Å². The van der Waals surface area contributed by atoms with E-state index in [1.807, 2.05) is 25.1 Å². The molecule has 1 saturated heterocycles. The molecule has 132 valence electrons. The maximum atomic E-state index is 12.7. The second-order valence-corrected chi connectivity index (χ2v) is 7.58. The fraction of sp³-hybridized carbons (Fsp3) is 0.333. The maximum absolute atomic E-state index is 12.7. The first-order valence-corrected chi connectivity index (χ1v) is 9.11. The van der Waals surface area contributed by atoms with E-state index in [-0.39, 0.29) is 18.7 Å².